The van der Waals surface area contributed by atoms with Crippen LogP contribution in [0.1, 0.15) is 47.7 Å². The quantitative estimate of drug-likeness (QED) is 0.317. The first-order valence-corrected chi connectivity index (χ1v) is 13.7. The van der Waals surface area contributed by atoms with E-state index in [9.17, 15) is 23.1 Å². The molecule has 2 atom stereocenters. The van der Waals surface area contributed by atoms with Crippen LogP contribution in [0.4, 0.5) is 24.5 Å². The van der Waals surface area contributed by atoms with Gasteiger partial charge in [-0.3, -0.25) is 4.79 Å². The zero-order valence-electron chi connectivity index (χ0n) is 22.4. The zero-order chi connectivity index (χ0) is 28.3. The second-order valence-corrected chi connectivity index (χ2v) is 10.7. The van der Waals surface area contributed by atoms with Crippen LogP contribution in [0.3, 0.4) is 0 Å². The predicted octanol–water partition coefficient (Wildman–Crippen LogP) is 5.32. The fourth-order valence-corrected chi connectivity index (χ4v) is 5.41. The largest absolute Gasteiger partial charge is 0.385 e. The molecule has 1 amide bonds. The molecule has 1 saturated heterocycles. The van der Waals surface area contributed by atoms with Gasteiger partial charge in [-0.15, -0.1) is 0 Å². The summed E-state index contributed by atoms with van der Waals surface area (Å²) in [7, 11) is 0. The van der Waals surface area contributed by atoms with Gasteiger partial charge in [0.25, 0.3) is 5.91 Å². The van der Waals surface area contributed by atoms with Crippen LogP contribution in [0.15, 0.2) is 60.7 Å². The van der Waals surface area contributed by atoms with Crippen LogP contribution in [0.5, 0.6) is 0 Å². The number of β-amino-alcohol motifs (C(OH)–C–C–N with tert-alkyl or cyclic N) is 1. The standard InChI is InChI=1S/C31H34F3N3O3/c1-2-20-11-14-25(24(33)15-20)36-29-22(12-13-23(32)28(29)34)30(38)37-18-31(39,19-37)17-35-26-9-6-10-27(26)40-16-21-7-4-3-5-8-21/h3-5,7-8,11-15,26-27,35-36,39H,2,6,9-10,16-19H2,1H3. The van der Waals surface area contributed by atoms with Crippen molar-refractivity contribution >= 4 is 17.3 Å². The number of amides is 1. The number of carbonyl (C=O) groups excluding carboxylic acids is 1. The molecule has 0 aromatic heterocycles. The molecule has 3 aromatic rings. The number of rotatable bonds is 10. The first-order chi connectivity index (χ1) is 19.3. The van der Waals surface area contributed by atoms with Gasteiger partial charge in [0.15, 0.2) is 11.6 Å². The molecular formula is C31H34F3N3O3. The highest BCUT2D eigenvalue weighted by Gasteiger charge is 2.45. The number of likely N-dealkylation sites (tertiary alicyclic amines) is 1. The normalized spacial score (nSPS) is 19.9. The van der Waals surface area contributed by atoms with Gasteiger partial charge in [0.05, 0.1) is 42.7 Å². The summed E-state index contributed by atoms with van der Waals surface area (Å²) < 4.78 is 49.6. The molecule has 2 fully saturated rings. The molecule has 3 N–H and O–H groups in total. The zero-order valence-corrected chi connectivity index (χ0v) is 22.4. The van der Waals surface area contributed by atoms with Crippen LogP contribution in [-0.2, 0) is 17.8 Å². The Morgan fingerprint density at radius 2 is 1.80 bits per heavy atom. The Hall–Kier alpha value is -3.40. The molecular weight excluding hydrogens is 519 g/mol. The van der Waals surface area contributed by atoms with Crippen molar-refractivity contribution in [2.75, 3.05) is 25.0 Å². The van der Waals surface area contributed by atoms with E-state index in [-0.39, 0.29) is 43.0 Å². The van der Waals surface area contributed by atoms with Gasteiger partial charge in [0, 0.05) is 12.6 Å². The lowest BCUT2D eigenvalue weighted by molar-refractivity contribution is -0.0824. The molecule has 6 nitrogen and oxygen atoms in total. The molecule has 0 bridgehead atoms. The molecule has 1 saturated carbocycles. The molecule has 0 spiro atoms. The fourth-order valence-electron chi connectivity index (χ4n) is 5.41. The summed E-state index contributed by atoms with van der Waals surface area (Å²) in [5.41, 5.74) is 0.0481. The lowest BCUT2D eigenvalue weighted by Gasteiger charge is -2.47. The highest BCUT2D eigenvalue weighted by molar-refractivity contribution is 6.01. The number of aryl methyl sites for hydroxylation is 1. The third-order valence-corrected chi connectivity index (χ3v) is 7.74. The number of hydrogen-bond acceptors (Lipinski definition) is 5. The summed E-state index contributed by atoms with van der Waals surface area (Å²) in [5, 5.41) is 17.0. The van der Waals surface area contributed by atoms with Gasteiger partial charge in [-0.25, -0.2) is 13.2 Å². The molecule has 3 aromatic carbocycles. The van der Waals surface area contributed by atoms with Gasteiger partial charge in [-0.2, -0.15) is 0 Å². The number of carbonyl (C=O) groups is 1. The number of aliphatic hydroxyl groups is 1. The molecule has 1 aliphatic heterocycles. The van der Waals surface area contributed by atoms with Gasteiger partial charge in [-0.05, 0) is 61.1 Å². The van der Waals surface area contributed by atoms with Gasteiger partial charge >= 0.3 is 0 Å². The van der Waals surface area contributed by atoms with Crippen LogP contribution in [0, 0.1) is 17.5 Å². The molecule has 5 rings (SSSR count). The van der Waals surface area contributed by atoms with Crippen molar-refractivity contribution in [2.24, 2.45) is 0 Å². The Bertz CT molecular complexity index is 1350. The summed E-state index contributed by atoms with van der Waals surface area (Å²) in [6.45, 7) is 2.72. The van der Waals surface area contributed by atoms with E-state index in [2.05, 4.69) is 10.6 Å². The Kier molecular flexibility index (Phi) is 8.44. The van der Waals surface area contributed by atoms with Crippen molar-refractivity contribution in [1.29, 1.82) is 0 Å². The van der Waals surface area contributed by atoms with Crippen LogP contribution in [-0.4, -0.2) is 53.3 Å². The Balaban J connectivity index is 1.20. The van der Waals surface area contributed by atoms with E-state index in [1.165, 1.54) is 23.1 Å². The summed E-state index contributed by atoms with van der Waals surface area (Å²) in [6, 6.07) is 16.5. The van der Waals surface area contributed by atoms with Crippen molar-refractivity contribution in [2.45, 2.75) is 57.0 Å². The first kappa shape index (κ1) is 28.1. The minimum absolute atomic E-state index is 0.0269. The molecule has 1 aliphatic carbocycles. The average molecular weight is 554 g/mol. The molecule has 2 aliphatic rings. The van der Waals surface area contributed by atoms with E-state index in [1.807, 2.05) is 37.3 Å². The van der Waals surface area contributed by atoms with Crippen molar-refractivity contribution in [3.8, 4) is 0 Å². The Labute approximate surface area is 232 Å². The van der Waals surface area contributed by atoms with Gasteiger partial charge in [-0.1, -0.05) is 43.3 Å². The van der Waals surface area contributed by atoms with Gasteiger partial charge < -0.3 is 25.4 Å². The third kappa shape index (κ3) is 6.16. The van der Waals surface area contributed by atoms with E-state index < -0.39 is 34.6 Å². The second kappa shape index (κ2) is 12.0. The maximum absolute atomic E-state index is 14.8. The number of halogens is 3. The SMILES string of the molecule is CCc1ccc(Nc2c(C(=O)N3CC(O)(CNC4CCCC4OCc4ccccc4)C3)ccc(F)c2F)c(F)c1. The van der Waals surface area contributed by atoms with Gasteiger partial charge in [0.2, 0.25) is 0 Å². The number of nitrogens with zero attached hydrogens (tertiary/aromatic N) is 1. The molecule has 9 heteroatoms. The van der Waals surface area contributed by atoms with Crippen LogP contribution in [0.25, 0.3) is 0 Å². The van der Waals surface area contributed by atoms with E-state index in [1.54, 1.807) is 6.07 Å². The third-order valence-electron chi connectivity index (χ3n) is 7.74. The first-order valence-electron chi connectivity index (χ1n) is 13.7. The van der Waals surface area contributed by atoms with E-state index >= 15 is 0 Å². The van der Waals surface area contributed by atoms with Gasteiger partial charge in [0.1, 0.15) is 11.4 Å². The van der Waals surface area contributed by atoms with Crippen molar-refractivity contribution < 1.29 is 27.8 Å². The maximum atomic E-state index is 14.8. The summed E-state index contributed by atoms with van der Waals surface area (Å²) in [6.07, 6.45) is 3.53. The fraction of sp³-hybridized carbons (Fsp3) is 0.387. The minimum atomic E-state index is -1.27. The van der Waals surface area contributed by atoms with E-state index in [4.69, 9.17) is 4.74 Å². The monoisotopic (exact) mass is 553 g/mol. The predicted molar refractivity (Wildman–Crippen MR) is 147 cm³/mol. The summed E-state index contributed by atoms with van der Waals surface area (Å²) >= 11 is 0. The molecule has 40 heavy (non-hydrogen) atoms. The highest BCUT2D eigenvalue weighted by Crippen LogP contribution is 2.32. The summed E-state index contributed by atoms with van der Waals surface area (Å²) in [5.74, 6) is -3.65. The van der Waals surface area contributed by atoms with Crippen molar-refractivity contribution in [3.63, 3.8) is 0 Å². The molecule has 0 radical (unpaired) electrons. The minimum Gasteiger partial charge on any atom is -0.385 e. The lowest BCUT2D eigenvalue weighted by atomic mass is 9.92. The number of benzene rings is 3. The second-order valence-electron chi connectivity index (χ2n) is 10.7. The highest BCUT2D eigenvalue weighted by atomic mass is 19.2. The lowest BCUT2D eigenvalue weighted by Crippen LogP contribution is -2.68. The smallest absolute Gasteiger partial charge is 0.256 e. The Morgan fingerprint density at radius 1 is 1.02 bits per heavy atom. The number of ether oxygens (including phenoxy) is 1. The number of hydrogen-bond donors (Lipinski definition) is 3. The number of anilines is 2. The van der Waals surface area contributed by atoms with E-state index in [0.717, 1.165) is 36.5 Å². The van der Waals surface area contributed by atoms with Crippen LogP contribution in [0.2, 0.25) is 0 Å². The molecule has 212 valence electrons. The van der Waals surface area contributed by atoms with Crippen LogP contribution >= 0.6 is 0 Å². The van der Waals surface area contributed by atoms with Crippen molar-refractivity contribution in [3.05, 3.63) is 94.8 Å². The molecule has 1 heterocycles. The van der Waals surface area contributed by atoms with E-state index in [0.29, 0.717) is 13.0 Å². The molecule has 2 unspecified atom stereocenters. The summed E-state index contributed by atoms with van der Waals surface area (Å²) in [4.78, 5) is 14.6. The average Bonchev–Trinajstić information content (AvgIpc) is 3.40. The topological polar surface area (TPSA) is 73.8 Å². The van der Waals surface area contributed by atoms with Crippen molar-refractivity contribution in [1.82, 2.24) is 10.2 Å². The van der Waals surface area contributed by atoms with Crippen LogP contribution < -0.4 is 10.6 Å². The maximum Gasteiger partial charge on any atom is 0.256 e. The Morgan fingerprint density at radius 3 is 2.52 bits per heavy atom. The number of nitrogens with one attached hydrogen (secondary N) is 2.